The molecule has 1 atom stereocenters. The molecule has 1 aromatic rings. The van der Waals surface area contributed by atoms with Crippen molar-refractivity contribution in [3.05, 3.63) is 22.2 Å². The maximum Gasteiger partial charge on any atom is 0.329 e. The second-order valence-corrected chi connectivity index (χ2v) is 5.62. The Hall–Kier alpha value is -2.09. The van der Waals surface area contributed by atoms with Gasteiger partial charge in [-0.25, -0.2) is 5.43 Å². The SMILES string of the molecule is CCOc1cc(/C=N\NC(=O)C(=O)N[C@H](C)CC)cc(Br)c1O. The van der Waals surface area contributed by atoms with E-state index in [4.69, 9.17) is 4.74 Å². The molecule has 0 saturated carbocycles. The Morgan fingerprint density at radius 2 is 2.09 bits per heavy atom. The summed E-state index contributed by atoms with van der Waals surface area (Å²) in [4.78, 5) is 23.1. The van der Waals surface area contributed by atoms with Gasteiger partial charge in [0, 0.05) is 6.04 Å². The van der Waals surface area contributed by atoms with Crippen molar-refractivity contribution < 1.29 is 19.4 Å². The van der Waals surface area contributed by atoms with E-state index in [1.807, 2.05) is 6.92 Å². The van der Waals surface area contributed by atoms with Gasteiger partial charge >= 0.3 is 11.8 Å². The van der Waals surface area contributed by atoms with Gasteiger partial charge in [-0.3, -0.25) is 9.59 Å². The molecule has 0 unspecified atom stereocenters. The highest BCUT2D eigenvalue weighted by Crippen LogP contribution is 2.34. The first-order valence-electron chi connectivity index (χ1n) is 7.18. The highest BCUT2D eigenvalue weighted by Gasteiger charge is 2.14. The van der Waals surface area contributed by atoms with E-state index in [1.54, 1.807) is 26.0 Å². The average Bonchev–Trinajstić information content (AvgIpc) is 2.51. The largest absolute Gasteiger partial charge is 0.503 e. The van der Waals surface area contributed by atoms with Gasteiger partial charge in [0.25, 0.3) is 0 Å². The molecule has 2 amide bonds. The van der Waals surface area contributed by atoms with Gasteiger partial charge in [-0.15, -0.1) is 0 Å². The molecule has 0 fully saturated rings. The number of hydrogen-bond donors (Lipinski definition) is 3. The van der Waals surface area contributed by atoms with E-state index in [1.165, 1.54) is 6.21 Å². The molecule has 0 saturated heterocycles. The molecule has 0 aliphatic carbocycles. The van der Waals surface area contributed by atoms with Crippen molar-refractivity contribution in [3.8, 4) is 11.5 Å². The zero-order valence-corrected chi connectivity index (χ0v) is 14.8. The van der Waals surface area contributed by atoms with Crippen LogP contribution in [0.1, 0.15) is 32.8 Å². The summed E-state index contributed by atoms with van der Waals surface area (Å²) < 4.78 is 5.72. The van der Waals surface area contributed by atoms with Crippen molar-refractivity contribution in [2.45, 2.75) is 33.2 Å². The lowest BCUT2D eigenvalue weighted by molar-refractivity contribution is -0.139. The van der Waals surface area contributed by atoms with E-state index in [0.717, 1.165) is 6.42 Å². The van der Waals surface area contributed by atoms with E-state index in [-0.39, 0.29) is 11.8 Å². The molecule has 1 aromatic carbocycles. The molecule has 0 aliphatic heterocycles. The van der Waals surface area contributed by atoms with E-state index in [2.05, 4.69) is 31.8 Å². The average molecular weight is 386 g/mol. The number of nitrogens with zero attached hydrogens (tertiary/aromatic N) is 1. The Balaban J connectivity index is 2.71. The number of carbonyl (C=O) groups excluding carboxylic acids is 2. The Kier molecular flexibility index (Phi) is 7.53. The van der Waals surface area contributed by atoms with Crippen LogP contribution in [0, 0.1) is 0 Å². The summed E-state index contributed by atoms with van der Waals surface area (Å²) in [5.74, 6) is -1.30. The summed E-state index contributed by atoms with van der Waals surface area (Å²) in [6, 6.07) is 3.09. The number of nitrogens with one attached hydrogen (secondary N) is 2. The van der Waals surface area contributed by atoms with Crippen molar-refractivity contribution in [1.29, 1.82) is 0 Å². The molecule has 0 radical (unpaired) electrons. The molecule has 0 aromatic heterocycles. The first-order chi connectivity index (χ1) is 10.9. The third kappa shape index (κ3) is 5.90. The van der Waals surface area contributed by atoms with Crippen molar-refractivity contribution >= 4 is 34.0 Å². The minimum absolute atomic E-state index is 0.0130. The topological polar surface area (TPSA) is 100 Å². The third-order valence-corrected chi connectivity index (χ3v) is 3.53. The van der Waals surface area contributed by atoms with Crippen LogP contribution in [0.2, 0.25) is 0 Å². The lowest BCUT2D eigenvalue weighted by atomic mass is 10.2. The number of carbonyl (C=O) groups is 2. The second-order valence-electron chi connectivity index (χ2n) is 4.76. The fraction of sp³-hybridized carbons (Fsp3) is 0.400. The zero-order valence-electron chi connectivity index (χ0n) is 13.2. The maximum absolute atomic E-state index is 11.6. The Morgan fingerprint density at radius 1 is 1.39 bits per heavy atom. The molecule has 7 nitrogen and oxygen atoms in total. The number of halogens is 1. The zero-order chi connectivity index (χ0) is 17.4. The lowest BCUT2D eigenvalue weighted by Crippen LogP contribution is -2.41. The summed E-state index contributed by atoms with van der Waals surface area (Å²) in [5, 5.41) is 16.1. The van der Waals surface area contributed by atoms with Gasteiger partial charge in [0.2, 0.25) is 0 Å². The van der Waals surface area contributed by atoms with Crippen LogP contribution in [0.15, 0.2) is 21.7 Å². The van der Waals surface area contributed by atoms with Crippen LogP contribution in [0.4, 0.5) is 0 Å². The standard InChI is InChI=1S/C15H20BrN3O4/c1-4-9(3)18-14(21)15(22)19-17-8-10-6-11(16)13(20)12(7-10)23-5-2/h6-9,20H,4-5H2,1-3H3,(H,18,21)(H,19,22)/b17-8-/t9-/m1/s1. The highest BCUT2D eigenvalue weighted by atomic mass is 79.9. The lowest BCUT2D eigenvalue weighted by Gasteiger charge is -2.10. The third-order valence-electron chi connectivity index (χ3n) is 2.93. The first-order valence-corrected chi connectivity index (χ1v) is 7.97. The van der Waals surface area contributed by atoms with Gasteiger partial charge in [-0.2, -0.15) is 5.10 Å². The van der Waals surface area contributed by atoms with E-state index >= 15 is 0 Å². The molecule has 126 valence electrons. The van der Waals surface area contributed by atoms with Crippen LogP contribution < -0.4 is 15.5 Å². The van der Waals surface area contributed by atoms with Gasteiger partial charge in [-0.05, 0) is 53.9 Å². The fourth-order valence-corrected chi connectivity index (χ4v) is 2.00. The summed E-state index contributed by atoms with van der Waals surface area (Å²) in [6.07, 6.45) is 2.07. The summed E-state index contributed by atoms with van der Waals surface area (Å²) in [5.41, 5.74) is 2.73. The number of hydrogen-bond acceptors (Lipinski definition) is 5. The number of rotatable bonds is 6. The number of benzene rings is 1. The van der Waals surface area contributed by atoms with Crippen LogP contribution in [0.3, 0.4) is 0 Å². The molecule has 1 rings (SSSR count). The van der Waals surface area contributed by atoms with Gasteiger partial charge in [0.15, 0.2) is 11.5 Å². The molecule has 8 heteroatoms. The minimum Gasteiger partial charge on any atom is -0.503 e. The van der Waals surface area contributed by atoms with Gasteiger partial charge < -0.3 is 15.2 Å². The van der Waals surface area contributed by atoms with Crippen molar-refractivity contribution in [3.63, 3.8) is 0 Å². The Bertz CT molecular complexity index is 605. The van der Waals surface area contributed by atoms with Gasteiger partial charge in [0.05, 0.1) is 17.3 Å². The molecule has 0 aliphatic rings. The molecule has 0 spiro atoms. The van der Waals surface area contributed by atoms with Crippen molar-refractivity contribution in [1.82, 2.24) is 10.7 Å². The van der Waals surface area contributed by atoms with Crippen LogP contribution in [-0.4, -0.2) is 35.8 Å². The summed E-state index contributed by atoms with van der Waals surface area (Å²) in [6.45, 7) is 5.90. The predicted octanol–water partition coefficient (Wildman–Crippen LogP) is 1.92. The van der Waals surface area contributed by atoms with Crippen molar-refractivity contribution in [2.75, 3.05) is 6.61 Å². The van der Waals surface area contributed by atoms with Gasteiger partial charge in [-0.1, -0.05) is 6.92 Å². The number of aromatic hydroxyl groups is 1. The molecule has 23 heavy (non-hydrogen) atoms. The van der Waals surface area contributed by atoms with Crippen molar-refractivity contribution in [2.24, 2.45) is 5.10 Å². The summed E-state index contributed by atoms with van der Waals surface area (Å²) >= 11 is 3.20. The first kappa shape index (κ1) is 19.0. The van der Waals surface area contributed by atoms with E-state index in [0.29, 0.717) is 22.4 Å². The summed E-state index contributed by atoms with van der Waals surface area (Å²) in [7, 11) is 0. The Labute approximate surface area is 143 Å². The predicted molar refractivity (Wildman–Crippen MR) is 90.6 cm³/mol. The quantitative estimate of drug-likeness (QED) is 0.395. The number of hydrazone groups is 1. The van der Waals surface area contributed by atoms with Gasteiger partial charge in [0.1, 0.15) is 0 Å². The molecule has 0 heterocycles. The molecule has 0 bridgehead atoms. The number of phenolic OH excluding ortho intramolecular Hbond substituents is 1. The fourth-order valence-electron chi connectivity index (χ4n) is 1.54. The van der Waals surface area contributed by atoms with Crippen LogP contribution in [-0.2, 0) is 9.59 Å². The number of phenols is 1. The molecular weight excluding hydrogens is 366 g/mol. The normalized spacial score (nSPS) is 12.0. The van der Waals surface area contributed by atoms with E-state index < -0.39 is 11.8 Å². The Morgan fingerprint density at radius 3 is 2.70 bits per heavy atom. The monoisotopic (exact) mass is 385 g/mol. The smallest absolute Gasteiger partial charge is 0.329 e. The molecular formula is C15H20BrN3O4. The second kappa shape index (κ2) is 9.14. The minimum atomic E-state index is -0.843. The molecule has 3 N–H and O–H groups in total. The van der Waals surface area contributed by atoms with E-state index in [9.17, 15) is 14.7 Å². The van der Waals surface area contributed by atoms with Crippen LogP contribution >= 0.6 is 15.9 Å². The number of ether oxygens (including phenoxy) is 1. The highest BCUT2D eigenvalue weighted by molar-refractivity contribution is 9.10. The maximum atomic E-state index is 11.6. The number of amides is 2. The van der Waals surface area contributed by atoms with Crippen LogP contribution in [0.5, 0.6) is 11.5 Å². The van der Waals surface area contributed by atoms with Crippen LogP contribution in [0.25, 0.3) is 0 Å².